The van der Waals surface area contributed by atoms with E-state index in [0.717, 1.165) is 80.5 Å². The van der Waals surface area contributed by atoms with E-state index in [1.807, 2.05) is 20.8 Å². The van der Waals surface area contributed by atoms with Crippen LogP contribution in [0.25, 0.3) is 0 Å². The Morgan fingerprint density at radius 1 is 1.11 bits per heavy atom. The highest BCUT2D eigenvalue weighted by molar-refractivity contribution is 5.80. The minimum atomic E-state index is -0.361. The van der Waals surface area contributed by atoms with Crippen LogP contribution in [-0.4, -0.2) is 41.8 Å². The Bertz CT molecular complexity index is 1100. The largest absolute Gasteiger partial charge is 0.494 e. The van der Waals surface area contributed by atoms with E-state index in [2.05, 4.69) is 78.1 Å². The molecule has 0 aromatic heterocycles. The third kappa shape index (κ3) is 10.6. The number of aliphatic imine (C=N–C) groups is 1. The van der Waals surface area contributed by atoms with Gasteiger partial charge in [-0.1, -0.05) is 50.3 Å². The van der Waals surface area contributed by atoms with Crippen molar-refractivity contribution in [3.63, 3.8) is 0 Å². The molecule has 2 aromatic rings. The summed E-state index contributed by atoms with van der Waals surface area (Å²) in [5.41, 5.74) is 9.56. The molecule has 38 heavy (non-hydrogen) atoms. The minimum Gasteiger partial charge on any atom is -0.494 e. The molecule has 0 radical (unpaired) electrons. The van der Waals surface area contributed by atoms with Crippen LogP contribution in [0.3, 0.4) is 0 Å². The molecule has 2 aromatic carbocycles. The molecule has 0 unspecified atom stereocenters. The van der Waals surface area contributed by atoms with Gasteiger partial charge in [0, 0.05) is 43.3 Å². The van der Waals surface area contributed by atoms with Crippen molar-refractivity contribution in [3.8, 4) is 5.75 Å². The molecular weight excluding hydrogens is 474 g/mol. The highest BCUT2D eigenvalue weighted by Crippen LogP contribution is 2.25. The number of hydrogen-bond acceptors (Lipinski definition) is 6. The number of aliphatic hydroxyl groups excluding tert-OH is 1. The maximum absolute atomic E-state index is 8.92. The summed E-state index contributed by atoms with van der Waals surface area (Å²) in [6.45, 7) is 18.8. The van der Waals surface area contributed by atoms with Crippen LogP contribution in [0, 0.1) is 0 Å². The molecule has 0 amide bonds. The number of allylic oxidation sites excluding steroid dienone is 2. The third-order valence-electron chi connectivity index (χ3n) is 6.43. The van der Waals surface area contributed by atoms with Gasteiger partial charge in [-0.3, -0.25) is 9.89 Å². The van der Waals surface area contributed by atoms with Crippen molar-refractivity contribution in [2.45, 2.75) is 73.5 Å². The summed E-state index contributed by atoms with van der Waals surface area (Å²) in [6, 6.07) is 15.5. The first-order valence-corrected chi connectivity index (χ1v) is 13.5. The number of fused-ring (bicyclic) bond motifs is 1. The summed E-state index contributed by atoms with van der Waals surface area (Å²) in [5.74, 6) is 1.02. The van der Waals surface area contributed by atoms with Crippen molar-refractivity contribution in [2.75, 3.05) is 19.8 Å². The van der Waals surface area contributed by atoms with Gasteiger partial charge in [0.1, 0.15) is 12.0 Å². The standard InChI is InChI=1S/C30H41N3O.C2H4O2/c1-7-8-17-34-30-14-13-29-21-33(16-15-28(29)18-30)20-27-11-9-26(10-12-27)19-31-24(5)23(4)25(6)32-22(2)3;3-1-2-4/h9-14,18,31H,5,7-8,15-17,19-21H2,1-4,6H3;1,4H,2H2/b25-23+;. The average Bonchev–Trinajstić information content (AvgIpc) is 2.92. The van der Waals surface area contributed by atoms with Crippen LogP contribution in [0.4, 0.5) is 0 Å². The fraction of sp³-hybridized carbons (Fsp3) is 0.438. The van der Waals surface area contributed by atoms with Gasteiger partial charge in [0.2, 0.25) is 0 Å². The Balaban J connectivity index is 0.00000118. The summed E-state index contributed by atoms with van der Waals surface area (Å²) >= 11 is 0. The van der Waals surface area contributed by atoms with E-state index in [0.29, 0.717) is 6.29 Å². The van der Waals surface area contributed by atoms with E-state index < -0.39 is 0 Å². The van der Waals surface area contributed by atoms with Crippen molar-refractivity contribution < 1.29 is 14.6 Å². The van der Waals surface area contributed by atoms with Gasteiger partial charge in [0.15, 0.2) is 0 Å². The maximum atomic E-state index is 8.92. The van der Waals surface area contributed by atoms with Gasteiger partial charge < -0.3 is 20.0 Å². The van der Waals surface area contributed by atoms with Gasteiger partial charge in [0.25, 0.3) is 0 Å². The first-order valence-electron chi connectivity index (χ1n) is 13.5. The van der Waals surface area contributed by atoms with E-state index in [9.17, 15) is 0 Å². The van der Waals surface area contributed by atoms with Gasteiger partial charge in [0.05, 0.1) is 13.2 Å². The number of hydrogen-bond donors (Lipinski definition) is 2. The molecule has 0 spiro atoms. The Morgan fingerprint density at radius 2 is 1.79 bits per heavy atom. The second kappa shape index (κ2) is 16.6. The van der Waals surface area contributed by atoms with Crippen LogP contribution in [0.15, 0.2) is 71.0 Å². The molecule has 6 nitrogen and oxygen atoms in total. The van der Waals surface area contributed by atoms with Crippen LogP contribution in [0.1, 0.15) is 69.7 Å². The predicted octanol–water partition coefficient (Wildman–Crippen LogP) is 5.98. The topological polar surface area (TPSA) is 74.2 Å². The molecule has 1 heterocycles. The van der Waals surface area contributed by atoms with Crippen molar-refractivity contribution in [2.24, 2.45) is 4.99 Å². The van der Waals surface area contributed by atoms with Crippen LogP contribution < -0.4 is 10.1 Å². The normalized spacial score (nSPS) is 13.3. The van der Waals surface area contributed by atoms with Gasteiger partial charge in [-0.05, 0) is 80.5 Å². The predicted molar refractivity (Wildman–Crippen MR) is 157 cm³/mol. The maximum Gasteiger partial charge on any atom is 0.145 e. The number of rotatable bonds is 12. The van der Waals surface area contributed by atoms with E-state index in [1.54, 1.807) is 0 Å². The molecule has 206 valence electrons. The lowest BCUT2D eigenvalue weighted by Gasteiger charge is -2.29. The monoisotopic (exact) mass is 519 g/mol. The summed E-state index contributed by atoms with van der Waals surface area (Å²) < 4.78 is 5.89. The average molecular weight is 520 g/mol. The van der Waals surface area contributed by atoms with Gasteiger partial charge >= 0.3 is 0 Å². The number of aliphatic hydroxyl groups is 1. The van der Waals surface area contributed by atoms with Crippen LogP contribution in [0.2, 0.25) is 0 Å². The molecule has 0 atom stereocenters. The zero-order valence-electron chi connectivity index (χ0n) is 23.8. The van der Waals surface area contributed by atoms with E-state index >= 15 is 0 Å². The molecule has 1 aliphatic heterocycles. The molecule has 0 fully saturated rings. The highest BCUT2D eigenvalue weighted by Gasteiger charge is 2.17. The number of aldehydes is 1. The Labute approximate surface area is 229 Å². The van der Waals surface area contributed by atoms with Gasteiger partial charge in [-0.25, -0.2) is 0 Å². The third-order valence-corrected chi connectivity index (χ3v) is 6.43. The number of carbonyl (C=O) groups excluding carboxylic acids is 1. The van der Waals surface area contributed by atoms with Crippen LogP contribution >= 0.6 is 0 Å². The summed E-state index contributed by atoms with van der Waals surface area (Å²) in [5, 5.41) is 10.9. The first-order chi connectivity index (χ1) is 18.3. The summed E-state index contributed by atoms with van der Waals surface area (Å²) in [7, 11) is 0. The van der Waals surface area contributed by atoms with Crippen LogP contribution in [0.5, 0.6) is 5.75 Å². The van der Waals surface area contributed by atoms with E-state index in [4.69, 9.17) is 14.6 Å². The minimum absolute atomic E-state index is 0.361. The van der Waals surface area contributed by atoms with Gasteiger partial charge in [-0.15, -0.1) is 0 Å². The SMILES string of the molecule is C=C(NCc1ccc(CN2CCc3cc(OCCCC)ccc3C2)cc1)/C(C)=C(\C)N=C(C)C.O=CCO. The lowest BCUT2D eigenvalue weighted by molar-refractivity contribution is -0.110. The molecule has 3 rings (SSSR count). The second-order valence-electron chi connectivity index (χ2n) is 9.86. The van der Waals surface area contributed by atoms with E-state index in [-0.39, 0.29) is 6.61 Å². The molecule has 0 saturated carbocycles. The molecule has 2 N–H and O–H groups in total. The molecule has 6 heteroatoms. The van der Waals surface area contributed by atoms with Crippen molar-refractivity contribution in [3.05, 3.63) is 88.3 Å². The fourth-order valence-corrected chi connectivity index (χ4v) is 4.15. The Morgan fingerprint density at radius 3 is 2.42 bits per heavy atom. The first kappa shape index (κ1) is 31.0. The molecule has 1 aliphatic rings. The molecule has 0 bridgehead atoms. The number of benzene rings is 2. The highest BCUT2D eigenvalue weighted by atomic mass is 16.5. The number of ether oxygens (including phenoxy) is 1. The Hall–Kier alpha value is -3.22. The Kier molecular flexibility index (Phi) is 13.5. The van der Waals surface area contributed by atoms with Gasteiger partial charge in [-0.2, -0.15) is 0 Å². The summed E-state index contributed by atoms with van der Waals surface area (Å²) in [4.78, 5) is 16.0. The van der Waals surface area contributed by atoms with Crippen molar-refractivity contribution in [1.29, 1.82) is 0 Å². The second-order valence-corrected chi connectivity index (χ2v) is 9.86. The fourth-order valence-electron chi connectivity index (χ4n) is 4.15. The zero-order chi connectivity index (χ0) is 27.9. The molecule has 0 saturated heterocycles. The summed E-state index contributed by atoms with van der Waals surface area (Å²) in [6.07, 6.45) is 3.79. The zero-order valence-corrected chi connectivity index (χ0v) is 23.8. The number of unbranched alkanes of at least 4 members (excludes halogenated alkanes) is 1. The van der Waals surface area contributed by atoms with Crippen LogP contribution in [-0.2, 0) is 30.8 Å². The lowest BCUT2D eigenvalue weighted by Crippen LogP contribution is -2.30. The quantitative estimate of drug-likeness (QED) is 0.156. The smallest absolute Gasteiger partial charge is 0.145 e. The van der Waals surface area contributed by atoms with Crippen molar-refractivity contribution in [1.82, 2.24) is 10.2 Å². The van der Waals surface area contributed by atoms with E-state index in [1.165, 1.54) is 22.3 Å². The van der Waals surface area contributed by atoms with Crippen molar-refractivity contribution >= 4 is 12.0 Å². The number of nitrogens with one attached hydrogen (secondary N) is 1. The number of carbonyl (C=O) groups is 1. The lowest BCUT2D eigenvalue weighted by atomic mass is 9.99. The molecule has 0 aliphatic carbocycles. The number of nitrogens with zero attached hydrogens (tertiary/aromatic N) is 2. The molecular formula is C32H45N3O3.